The maximum Gasteiger partial charge on any atom is 0.335 e. The number of carbonyl (C=O) groups is 2. The topological polar surface area (TPSA) is 75.6 Å². The summed E-state index contributed by atoms with van der Waals surface area (Å²) in [5.41, 5.74) is 0.468. The number of carboxylic acid groups (broad SMARTS) is 1. The molecule has 0 aliphatic heterocycles. The molecule has 0 saturated carbocycles. The Bertz CT molecular complexity index is 440. The number of hydrogen-bond acceptors (Lipinski definition) is 3. The Hall–Kier alpha value is -2.04. The highest BCUT2D eigenvalue weighted by atomic mass is 16.5. The average molecular weight is 237 g/mol. The summed E-state index contributed by atoms with van der Waals surface area (Å²) in [6, 6.07) is 4.35. The van der Waals surface area contributed by atoms with Crippen molar-refractivity contribution >= 4 is 17.6 Å². The minimum atomic E-state index is -1.05. The molecule has 0 bridgehead atoms. The first-order valence-electron chi connectivity index (χ1n) is 5.21. The summed E-state index contributed by atoms with van der Waals surface area (Å²) in [6.07, 6.45) is -0.0572. The summed E-state index contributed by atoms with van der Waals surface area (Å²) in [7, 11) is 0. The predicted octanol–water partition coefficient (Wildman–Crippen LogP) is 2.13. The van der Waals surface area contributed by atoms with Gasteiger partial charge in [0.05, 0.1) is 17.4 Å². The van der Waals surface area contributed by atoms with Crippen molar-refractivity contribution in [2.24, 2.45) is 0 Å². The number of hydrogen-bond donors (Lipinski definition) is 2. The lowest BCUT2D eigenvalue weighted by Gasteiger charge is -2.14. The average Bonchev–Trinajstić information content (AvgIpc) is 2.18. The molecule has 0 aliphatic carbocycles. The Morgan fingerprint density at radius 3 is 2.47 bits per heavy atom. The maximum absolute atomic E-state index is 11.0. The van der Waals surface area contributed by atoms with E-state index in [4.69, 9.17) is 9.84 Å². The maximum atomic E-state index is 11.0. The van der Waals surface area contributed by atoms with E-state index in [-0.39, 0.29) is 17.6 Å². The van der Waals surface area contributed by atoms with Crippen LogP contribution in [0, 0.1) is 0 Å². The third kappa shape index (κ3) is 3.79. The Morgan fingerprint density at radius 1 is 1.35 bits per heavy atom. The van der Waals surface area contributed by atoms with Gasteiger partial charge in [0, 0.05) is 6.92 Å². The van der Waals surface area contributed by atoms with E-state index in [0.29, 0.717) is 11.4 Å². The Morgan fingerprint density at radius 2 is 2.00 bits per heavy atom. The van der Waals surface area contributed by atoms with Crippen molar-refractivity contribution in [1.82, 2.24) is 0 Å². The van der Waals surface area contributed by atoms with Crippen LogP contribution in [0.5, 0.6) is 5.75 Å². The predicted molar refractivity (Wildman–Crippen MR) is 63.5 cm³/mol. The van der Waals surface area contributed by atoms with Crippen LogP contribution in [0.25, 0.3) is 0 Å². The van der Waals surface area contributed by atoms with E-state index >= 15 is 0 Å². The molecule has 17 heavy (non-hydrogen) atoms. The number of anilines is 1. The Balaban J connectivity index is 3.11. The summed E-state index contributed by atoms with van der Waals surface area (Å²) >= 11 is 0. The van der Waals surface area contributed by atoms with Crippen molar-refractivity contribution in [2.75, 3.05) is 5.32 Å². The molecule has 2 N–H and O–H groups in total. The molecule has 1 aromatic rings. The number of carboxylic acids is 1. The van der Waals surface area contributed by atoms with Gasteiger partial charge >= 0.3 is 5.97 Å². The molecule has 1 amide bonds. The van der Waals surface area contributed by atoms with Crippen LogP contribution in [0.15, 0.2) is 18.2 Å². The number of amides is 1. The molecule has 92 valence electrons. The first-order valence-corrected chi connectivity index (χ1v) is 5.21. The number of benzene rings is 1. The van der Waals surface area contributed by atoms with E-state index < -0.39 is 5.97 Å². The minimum absolute atomic E-state index is 0.0572. The van der Waals surface area contributed by atoms with Gasteiger partial charge in [0.25, 0.3) is 0 Å². The summed E-state index contributed by atoms with van der Waals surface area (Å²) in [6.45, 7) is 5.05. The lowest BCUT2D eigenvalue weighted by Crippen LogP contribution is -2.12. The monoisotopic (exact) mass is 237 g/mol. The molecule has 0 radical (unpaired) electrons. The molecular weight excluding hydrogens is 222 g/mol. The van der Waals surface area contributed by atoms with Crippen LogP contribution in [0.3, 0.4) is 0 Å². The van der Waals surface area contributed by atoms with Crippen molar-refractivity contribution in [1.29, 1.82) is 0 Å². The molecule has 0 fully saturated rings. The SMILES string of the molecule is CC(=O)Nc1cc(C(=O)O)ccc1OC(C)C. The van der Waals surface area contributed by atoms with Gasteiger partial charge in [0.15, 0.2) is 0 Å². The van der Waals surface area contributed by atoms with E-state index in [1.165, 1.54) is 25.1 Å². The number of rotatable bonds is 4. The Labute approximate surface area is 99.4 Å². The number of carbonyl (C=O) groups excluding carboxylic acids is 1. The van der Waals surface area contributed by atoms with E-state index in [1.807, 2.05) is 13.8 Å². The smallest absolute Gasteiger partial charge is 0.335 e. The van der Waals surface area contributed by atoms with Gasteiger partial charge in [0.2, 0.25) is 5.91 Å². The van der Waals surface area contributed by atoms with Crippen LogP contribution in [0.2, 0.25) is 0 Å². The second kappa shape index (κ2) is 5.34. The molecule has 5 nitrogen and oxygen atoms in total. The quantitative estimate of drug-likeness (QED) is 0.841. The van der Waals surface area contributed by atoms with Crippen molar-refractivity contribution in [2.45, 2.75) is 26.9 Å². The fourth-order valence-corrected chi connectivity index (χ4v) is 1.31. The molecule has 0 aliphatic rings. The normalized spacial score (nSPS) is 10.1. The number of aromatic carboxylic acids is 1. The van der Waals surface area contributed by atoms with Crippen molar-refractivity contribution in [3.8, 4) is 5.75 Å². The molecule has 0 atom stereocenters. The molecule has 0 saturated heterocycles. The van der Waals surface area contributed by atoms with Crippen LogP contribution in [0.1, 0.15) is 31.1 Å². The standard InChI is InChI=1S/C12H15NO4/c1-7(2)17-11-5-4-9(12(15)16)6-10(11)13-8(3)14/h4-7H,1-3H3,(H,13,14)(H,15,16). The summed E-state index contributed by atoms with van der Waals surface area (Å²) in [4.78, 5) is 21.8. The largest absolute Gasteiger partial charge is 0.489 e. The van der Waals surface area contributed by atoms with Gasteiger partial charge in [-0.2, -0.15) is 0 Å². The molecule has 0 heterocycles. The Kier molecular flexibility index (Phi) is 4.09. The van der Waals surface area contributed by atoms with Crippen molar-refractivity contribution in [3.05, 3.63) is 23.8 Å². The lowest BCUT2D eigenvalue weighted by molar-refractivity contribution is -0.114. The van der Waals surface area contributed by atoms with Gasteiger partial charge in [-0.1, -0.05) is 0 Å². The minimum Gasteiger partial charge on any atom is -0.489 e. The van der Waals surface area contributed by atoms with Crippen LogP contribution in [0.4, 0.5) is 5.69 Å². The second-order valence-corrected chi connectivity index (χ2v) is 3.86. The van der Waals surface area contributed by atoms with Gasteiger partial charge in [-0.25, -0.2) is 4.79 Å². The van der Waals surface area contributed by atoms with Gasteiger partial charge in [-0.15, -0.1) is 0 Å². The summed E-state index contributed by atoms with van der Waals surface area (Å²) in [5.74, 6) is -0.867. The molecule has 1 rings (SSSR count). The summed E-state index contributed by atoms with van der Waals surface area (Å²) in [5, 5.41) is 11.4. The third-order valence-corrected chi connectivity index (χ3v) is 1.90. The van der Waals surface area contributed by atoms with E-state index in [2.05, 4.69) is 5.32 Å². The fourth-order valence-electron chi connectivity index (χ4n) is 1.31. The van der Waals surface area contributed by atoms with Gasteiger partial charge in [0.1, 0.15) is 5.75 Å². The molecule has 0 aromatic heterocycles. The van der Waals surface area contributed by atoms with E-state index in [1.54, 1.807) is 0 Å². The summed E-state index contributed by atoms with van der Waals surface area (Å²) < 4.78 is 5.47. The van der Waals surface area contributed by atoms with Gasteiger partial charge in [-0.05, 0) is 32.0 Å². The first kappa shape index (κ1) is 13.0. The number of nitrogens with one attached hydrogen (secondary N) is 1. The van der Waals surface area contributed by atoms with Crippen molar-refractivity contribution < 1.29 is 19.4 Å². The van der Waals surface area contributed by atoms with Gasteiger partial charge in [-0.3, -0.25) is 4.79 Å². The van der Waals surface area contributed by atoms with E-state index in [0.717, 1.165) is 0 Å². The second-order valence-electron chi connectivity index (χ2n) is 3.86. The zero-order valence-corrected chi connectivity index (χ0v) is 9.98. The number of ether oxygens (including phenoxy) is 1. The third-order valence-electron chi connectivity index (χ3n) is 1.90. The van der Waals surface area contributed by atoms with Crippen LogP contribution in [-0.4, -0.2) is 23.1 Å². The highest BCUT2D eigenvalue weighted by Gasteiger charge is 2.11. The lowest BCUT2D eigenvalue weighted by atomic mass is 10.2. The molecule has 1 aromatic carbocycles. The molecular formula is C12H15NO4. The molecule has 5 heteroatoms. The zero-order chi connectivity index (χ0) is 13.0. The van der Waals surface area contributed by atoms with Crippen LogP contribution in [-0.2, 0) is 4.79 Å². The molecule has 0 spiro atoms. The van der Waals surface area contributed by atoms with Crippen LogP contribution >= 0.6 is 0 Å². The first-order chi connectivity index (χ1) is 7.90. The van der Waals surface area contributed by atoms with Crippen LogP contribution < -0.4 is 10.1 Å². The zero-order valence-electron chi connectivity index (χ0n) is 9.98. The van der Waals surface area contributed by atoms with Gasteiger partial charge < -0.3 is 15.2 Å². The highest BCUT2D eigenvalue weighted by molar-refractivity contribution is 5.94. The van der Waals surface area contributed by atoms with Crippen molar-refractivity contribution in [3.63, 3.8) is 0 Å². The highest BCUT2D eigenvalue weighted by Crippen LogP contribution is 2.26. The fraction of sp³-hybridized carbons (Fsp3) is 0.333. The van der Waals surface area contributed by atoms with E-state index in [9.17, 15) is 9.59 Å². The molecule has 0 unspecified atom stereocenters.